The van der Waals surface area contributed by atoms with Crippen molar-refractivity contribution in [1.29, 1.82) is 0 Å². The largest absolute Gasteiger partial charge is 0.369 e. The van der Waals surface area contributed by atoms with E-state index in [1.54, 1.807) is 11.5 Å². The lowest BCUT2D eigenvalue weighted by Gasteiger charge is -2.24. The first kappa shape index (κ1) is 18.7. The molecule has 1 aromatic carbocycles. The molecule has 1 aliphatic carbocycles. The lowest BCUT2D eigenvalue weighted by Crippen LogP contribution is -2.32. The minimum atomic E-state index is -0.534. The number of fused-ring (bicyclic) bond motifs is 1. The van der Waals surface area contributed by atoms with Gasteiger partial charge in [-0.3, -0.25) is 14.3 Å². The highest BCUT2D eigenvalue weighted by atomic mass is 19.1. The maximum Gasteiger partial charge on any atom is 0.329 e. The third-order valence-electron chi connectivity index (χ3n) is 5.74. The minimum absolute atomic E-state index is 0.0850. The Balaban J connectivity index is 1.69. The van der Waals surface area contributed by atoms with Gasteiger partial charge < -0.3 is 15.1 Å². The van der Waals surface area contributed by atoms with Gasteiger partial charge in [-0.2, -0.15) is 0 Å². The molecule has 0 bridgehead atoms. The van der Waals surface area contributed by atoms with E-state index in [0.29, 0.717) is 42.3 Å². The van der Waals surface area contributed by atoms with E-state index >= 15 is 4.39 Å². The van der Waals surface area contributed by atoms with Gasteiger partial charge in [-0.25, -0.2) is 15.8 Å². The van der Waals surface area contributed by atoms with Gasteiger partial charge in [0.2, 0.25) is 6.54 Å². The van der Waals surface area contributed by atoms with Gasteiger partial charge in [-0.1, -0.05) is 0 Å². The Morgan fingerprint density at radius 2 is 2.14 bits per heavy atom. The van der Waals surface area contributed by atoms with Gasteiger partial charge in [0, 0.05) is 24.7 Å². The number of nitrogens with one attached hydrogen (secondary N) is 2. The molecule has 2 fully saturated rings. The van der Waals surface area contributed by atoms with Crippen LogP contribution < -0.4 is 21.5 Å². The maximum absolute atomic E-state index is 15.0. The Morgan fingerprint density at radius 3 is 2.86 bits per heavy atom. The molecule has 1 saturated carbocycles. The molecular weight excluding hydrogens is 361 g/mol. The molecule has 0 spiro atoms. The van der Waals surface area contributed by atoms with Crippen LogP contribution in [0.1, 0.15) is 30.9 Å². The first-order valence-corrected chi connectivity index (χ1v) is 9.77. The summed E-state index contributed by atoms with van der Waals surface area (Å²) in [5, 5.41) is 3.52. The third kappa shape index (κ3) is 3.31. The van der Waals surface area contributed by atoms with Gasteiger partial charge in [0.25, 0.3) is 5.56 Å². The van der Waals surface area contributed by atoms with Crippen LogP contribution in [0.5, 0.6) is 0 Å². The van der Waals surface area contributed by atoms with E-state index in [9.17, 15) is 9.59 Å². The van der Waals surface area contributed by atoms with Crippen molar-refractivity contribution in [3.05, 3.63) is 49.7 Å². The molecule has 1 aromatic heterocycles. The third-order valence-corrected chi connectivity index (χ3v) is 5.74. The van der Waals surface area contributed by atoms with Crippen LogP contribution in [0.4, 0.5) is 10.1 Å². The zero-order chi connectivity index (χ0) is 19.8. The topological polar surface area (TPSA) is 74.5 Å². The zero-order valence-electron chi connectivity index (χ0n) is 15.9. The summed E-state index contributed by atoms with van der Waals surface area (Å²) in [7, 11) is 0. The normalized spacial score (nSPS) is 19.3. The van der Waals surface area contributed by atoms with Gasteiger partial charge in [-0.15, -0.1) is 0 Å². The maximum atomic E-state index is 15.0. The number of nitrogens with zero attached hydrogens (tertiary/aromatic N) is 3. The van der Waals surface area contributed by atoms with Crippen molar-refractivity contribution in [3.63, 3.8) is 0 Å². The molecule has 28 heavy (non-hydrogen) atoms. The van der Waals surface area contributed by atoms with Gasteiger partial charge in [0.05, 0.1) is 23.1 Å². The molecule has 2 aromatic rings. The quantitative estimate of drug-likeness (QED) is 0.588. The molecule has 1 saturated heterocycles. The smallest absolute Gasteiger partial charge is 0.329 e. The fourth-order valence-corrected chi connectivity index (χ4v) is 4.28. The van der Waals surface area contributed by atoms with Gasteiger partial charge in [0.15, 0.2) is 0 Å². The number of halogens is 1. The van der Waals surface area contributed by atoms with Crippen LogP contribution in [-0.2, 0) is 0 Å². The molecule has 1 atom stereocenters. The van der Waals surface area contributed by atoms with E-state index in [4.69, 9.17) is 6.57 Å². The molecule has 1 aliphatic heterocycles. The van der Waals surface area contributed by atoms with Crippen LogP contribution in [0.3, 0.4) is 0 Å². The minimum Gasteiger partial charge on any atom is -0.369 e. The molecule has 1 unspecified atom stereocenters. The average Bonchev–Trinajstić information content (AvgIpc) is 3.38. The molecule has 7 nitrogen and oxygen atoms in total. The molecule has 8 heteroatoms. The van der Waals surface area contributed by atoms with Crippen LogP contribution in [0.15, 0.2) is 15.7 Å². The summed E-state index contributed by atoms with van der Waals surface area (Å²) in [5.41, 5.74) is 0.770. The number of H-pyrrole nitrogens is 1. The van der Waals surface area contributed by atoms with Gasteiger partial charge in [-0.05, 0) is 44.7 Å². The second-order valence-electron chi connectivity index (χ2n) is 7.78. The molecule has 0 radical (unpaired) electrons. The average molecular weight is 385 g/mol. The first-order chi connectivity index (χ1) is 13.5. The number of benzene rings is 1. The molecular formula is C20H24FN5O2. The van der Waals surface area contributed by atoms with E-state index in [1.165, 1.54) is 6.07 Å². The number of aryl methyl sites for hydroxylation is 1. The van der Waals surface area contributed by atoms with Crippen molar-refractivity contribution in [2.45, 2.75) is 32.2 Å². The van der Waals surface area contributed by atoms with Crippen molar-refractivity contribution in [1.82, 2.24) is 14.9 Å². The van der Waals surface area contributed by atoms with Crippen molar-refractivity contribution >= 4 is 16.6 Å². The summed E-state index contributed by atoms with van der Waals surface area (Å²) < 4.78 is 16.6. The Hall–Kier alpha value is -2.66. The number of aromatic nitrogens is 2. The Kier molecular flexibility index (Phi) is 4.94. The predicted octanol–water partition coefficient (Wildman–Crippen LogP) is 1.81. The molecule has 148 valence electrons. The first-order valence-electron chi connectivity index (χ1n) is 9.77. The highest BCUT2D eigenvalue weighted by molar-refractivity contribution is 5.87. The standard InChI is InChI=1S/C20H24FN5O2/c1-12-17-15(19(27)24-20(28)26(17)14-3-4-14)9-16(21)18(12)25-8-5-13(11-25)10-23-7-6-22-2/h9,13-14,23H,3-8,10-11H2,1H3,(H,24,27,28). The van der Waals surface area contributed by atoms with Crippen LogP contribution in [-0.4, -0.2) is 42.3 Å². The van der Waals surface area contributed by atoms with E-state index in [2.05, 4.69) is 15.1 Å². The Morgan fingerprint density at radius 1 is 1.36 bits per heavy atom. The summed E-state index contributed by atoms with van der Waals surface area (Å²) in [6.45, 7) is 12.0. The number of hydrogen-bond acceptors (Lipinski definition) is 4. The van der Waals surface area contributed by atoms with Crippen molar-refractivity contribution in [2.75, 3.05) is 37.6 Å². The van der Waals surface area contributed by atoms with Crippen LogP contribution >= 0.6 is 0 Å². The SMILES string of the molecule is [C-]#[N+]CCNCC1CCN(c2c(F)cc3c(=O)[nH]c(=O)n(C4CC4)c3c2C)C1. The fourth-order valence-electron chi connectivity index (χ4n) is 4.28. The summed E-state index contributed by atoms with van der Waals surface area (Å²) in [6, 6.07) is 1.36. The van der Waals surface area contributed by atoms with Gasteiger partial charge in [0.1, 0.15) is 5.82 Å². The monoisotopic (exact) mass is 385 g/mol. The van der Waals surface area contributed by atoms with E-state index in [-0.39, 0.29) is 11.4 Å². The molecule has 2 N–H and O–H groups in total. The summed E-state index contributed by atoms with van der Waals surface area (Å²) >= 11 is 0. The second-order valence-corrected chi connectivity index (χ2v) is 7.78. The van der Waals surface area contributed by atoms with Crippen LogP contribution in [0.25, 0.3) is 15.7 Å². The molecule has 0 amide bonds. The van der Waals surface area contributed by atoms with Crippen LogP contribution in [0, 0.1) is 25.2 Å². The van der Waals surface area contributed by atoms with E-state index in [1.807, 2.05) is 4.90 Å². The predicted molar refractivity (Wildman–Crippen MR) is 106 cm³/mol. The van der Waals surface area contributed by atoms with E-state index < -0.39 is 17.1 Å². The number of anilines is 1. The summed E-state index contributed by atoms with van der Waals surface area (Å²) in [6.07, 6.45) is 2.73. The molecule has 4 rings (SSSR count). The molecule has 2 aliphatic rings. The fraction of sp³-hybridized carbons (Fsp3) is 0.550. The number of hydrogen-bond donors (Lipinski definition) is 2. The highest BCUT2D eigenvalue weighted by Crippen LogP contribution is 2.39. The summed E-state index contributed by atoms with van der Waals surface area (Å²) in [5.74, 6) is -0.0388. The lowest BCUT2D eigenvalue weighted by molar-refractivity contribution is 0.525. The number of aromatic amines is 1. The highest BCUT2D eigenvalue weighted by Gasteiger charge is 2.31. The molecule has 2 heterocycles. The lowest BCUT2D eigenvalue weighted by atomic mass is 10.1. The van der Waals surface area contributed by atoms with Crippen molar-refractivity contribution in [3.8, 4) is 0 Å². The van der Waals surface area contributed by atoms with Crippen molar-refractivity contribution < 1.29 is 4.39 Å². The van der Waals surface area contributed by atoms with Crippen LogP contribution in [0.2, 0.25) is 0 Å². The van der Waals surface area contributed by atoms with Gasteiger partial charge >= 0.3 is 5.69 Å². The van der Waals surface area contributed by atoms with E-state index in [0.717, 1.165) is 32.4 Å². The Bertz CT molecular complexity index is 1060. The zero-order valence-corrected chi connectivity index (χ0v) is 15.9. The summed E-state index contributed by atoms with van der Waals surface area (Å²) in [4.78, 5) is 32.4. The Labute approximate surface area is 162 Å². The number of rotatable bonds is 6. The van der Waals surface area contributed by atoms with Crippen molar-refractivity contribution in [2.24, 2.45) is 5.92 Å². The second kappa shape index (κ2) is 7.40.